The van der Waals surface area contributed by atoms with Gasteiger partial charge < -0.3 is 22.7 Å². The van der Waals surface area contributed by atoms with E-state index in [1.54, 1.807) is 0 Å². The molecule has 0 fully saturated rings. The van der Waals surface area contributed by atoms with Crippen molar-refractivity contribution in [1.82, 2.24) is 9.55 Å². The zero-order chi connectivity index (χ0) is 36.0. The van der Waals surface area contributed by atoms with Gasteiger partial charge in [0.15, 0.2) is 5.58 Å². The maximum absolute atomic E-state index is 6.61. The lowest BCUT2D eigenvalue weighted by Crippen LogP contribution is -2.10. The molecule has 12 rings (SSSR count). The average Bonchev–Trinajstić information content (AvgIpc) is 4.01. The van der Waals surface area contributed by atoms with Crippen LogP contribution in [0.5, 0.6) is 0 Å². The third kappa shape index (κ3) is 4.52. The highest BCUT2D eigenvalue weighted by atomic mass is 16.4. The van der Waals surface area contributed by atoms with Crippen LogP contribution in [0.4, 0.5) is 17.1 Å². The first-order valence-corrected chi connectivity index (χ1v) is 18.4. The number of anilines is 3. The number of oxazole rings is 1. The van der Waals surface area contributed by atoms with Crippen LogP contribution in [0.25, 0.3) is 93.9 Å². The fourth-order valence-corrected chi connectivity index (χ4v) is 8.34. The van der Waals surface area contributed by atoms with Gasteiger partial charge in [-0.3, -0.25) is 0 Å². The minimum absolute atomic E-state index is 0.589. The molecule has 4 aromatic heterocycles. The molecule has 0 aliphatic heterocycles. The van der Waals surface area contributed by atoms with Gasteiger partial charge in [0.05, 0.1) is 16.4 Å². The third-order valence-corrected chi connectivity index (χ3v) is 10.8. The Morgan fingerprint density at radius 1 is 0.400 bits per heavy atom. The van der Waals surface area contributed by atoms with E-state index in [0.29, 0.717) is 5.89 Å². The summed E-state index contributed by atoms with van der Waals surface area (Å²) in [4.78, 5) is 7.27. The molecule has 8 aromatic carbocycles. The number of fused-ring (bicyclic) bond motifs is 11. The van der Waals surface area contributed by atoms with E-state index in [-0.39, 0.29) is 0 Å². The van der Waals surface area contributed by atoms with Gasteiger partial charge in [-0.05, 0) is 91.0 Å². The summed E-state index contributed by atoms with van der Waals surface area (Å²) in [6.07, 6.45) is 0. The van der Waals surface area contributed by atoms with Crippen molar-refractivity contribution in [2.75, 3.05) is 4.90 Å². The quantitative estimate of drug-likeness (QED) is 0.178. The summed E-state index contributed by atoms with van der Waals surface area (Å²) < 4.78 is 21.5. The molecule has 0 atom stereocenters. The van der Waals surface area contributed by atoms with Crippen molar-refractivity contribution >= 4 is 93.8 Å². The fourth-order valence-electron chi connectivity index (χ4n) is 8.34. The first kappa shape index (κ1) is 29.9. The molecular weight excluding hydrogens is 679 g/mol. The van der Waals surface area contributed by atoms with Crippen LogP contribution in [0, 0.1) is 0 Å². The standard InChI is InChI=1S/C49H29N3O3/c1-3-11-30(12-4-1)49-50-48-45(55-49)26-25-44-47(48)38-23-20-34(29-46(38)54-44)51(32-21-24-43-39(27-32)37-16-8-10-18-42(37)53-43)33-19-22-36-35-15-7-9-17-40(35)52(41(36)28-33)31-13-5-2-6-14-31/h1-29H. The lowest BCUT2D eigenvalue weighted by atomic mass is 10.1. The second-order valence-electron chi connectivity index (χ2n) is 14.0. The van der Waals surface area contributed by atoms with E-state index in [1.807, 2.05) is 54.6 Å². The number of para-hydroxylation sites is 3. The molecule has 6 heteroatoms. The van der Waals surface area contributed by atoms with Crippen molar-refractivity contribution in [3.63, 3.8) is 0 Å². The Balaban J connectivity index is 1.09. The molecule has 0 unspecified atom stereocenters. The number of benzene rings is 8. The summed E-state index contributed by atoms with van der Waals surface area (Å²) in [7, 11) is 0. The number of nitrogens with zero attached hydrogens (tertiary/aromatic N) is 3. The number of hydrogen-bond acceptors (Lipinski definition) is 5. The highest BCUT2D eigenvalue weighted by Gasteiger charge is 2.22. The van der Waals surface area contributed by atoms with Gasteiger partial charge in [-0.2, -0.15) is 0 Å². The minimum Gasteiger partial charge on any atom is -0.456 e. The third-order valence-electron chi connectivity index (χ3n) is 10.8. The lowest BCUT2D eigenvalue weighted by Gasteiger charge is -2.26. The molecule has 4 heterocycles. The van der Waals surface area contributed by atoms with Crippen molar-refractivity contribution in [3.05, 3.63) is 176 Å². The van der Waals surface area contributed by atoms with Gasteiger partial charge in [0.25, 0.3) is 0 Å². The Bertz CT molecular complexity index is 3440. The van der Waals surface area contributed by atoms with Crippen molar-refractivity contribution in [1.29, 1.82) is 0 Å². The zero-order valence-corrected chi connectivity index (χ0v) is 29.3. The van der Waals surface area contributed by atoms with E-state index in [2.05, 4.69) is 131 Å². The predicted molar refractivity (Wildman–Crippen MR) is 223 cm³/mol. The Kier molecular flexibility index (Phi) is 6.24. The predicted octanol–water partition coefficient (Wildman–Crippen LogP) is 13.9. The average molecular weight is 708 g/mol. The maximum Gasteiger partial charge on any atom is 0.227 e. The lowest BCUT2D eigenvalue weighted by molar-refractivity contribution is 0.619. The first-order valence-electron chi connectivity index (χ1n) is 18.4. The SMILES string of the molecule is c1ccc(-c2nc3c(ccc4oc5cc(N(c6ccc7oc8ccccc8c7c6)c6ccc7c8ccccc8n(-c8ccccc8)c7c6)ccc5c43)o2)cc1. The molecule has 0 aliphatic rings. The van der Waals surface area contributed by atoms with Crippen LogP contribution in [-0.4, -0.2) is 9.55 Å². The fraction of sp³-hybridized carbons (Fsp3) is 0. The van der Waals surface area contributed by atoms with Crippen LogP contribution < -0.4 is 4.90 Å². The normalized spacial score (nSPS) is 12.0. The highest BCUT2D eigenvalue weighted by Crippen LogP contribution is 2.44. The molecule has 258 valence electrons. The van der Waals surface area contributed by atoms with Crippen molar-refractivity contribution in [2.45, 2.75) is 0 Å². The van der Waals surface area contributed by atoms with Crippen LogP contribution in [0.3, 0.4) is 0 Å². The number of rotatable bonds is 5. The Morgan fingerprint density at radius 3 is 1.89 bits per heavy atom. The Morgan fingerprint density at radius 2 is 1.02 bits per heavy atom. The topological polar surface area (TPSA) is 60.5 Å². The van der Waals surface area contributed by atoms with Gasteiger partial charge in [-0.25, -0.2) is 4.98 Å². The molecule has 0 saturated carbocycles. The van der Waals surface area contributed by atoms with Gasteiger partial charge in [0.2, 0.25) is 5.89 Å². The second kappa shape index (κ2) is 11.5. The summed E-state index contributed by atoms with van der Waals surface area (Å²) in [5, 5.41) is 6.47. The van der Waals surface area contributed by atoms with Gasteiger partial charge in [0, 0.05) is 61.3 Å². The molecule has 0 saturated heterocycles. The van der Waals surface area contributed by atoms with Gasteiger partial charge in [-0.15, -0.1) is 0 Å². The van der Waals surface area contributed by atoms with Gasteiger partial charge in [0.1, 0.15) is 27.8 Å². The largest absolute Gasteiger partial charge is 0.456 e. The monoisotopic (exact) mass is 707 g/mol. The maximum atomic E-state index is 6.61. The number of hydrogen-bond donors (Lipinski definition) is 0. The molecule has 0 bridgehead atoms. The molecule has 0 amide bonds. The molecular formula is C49H29N3O3. The summed E-state index contributed by atoms with van der Waals surface area (Å²) in [6.45, 7) is 0. The molecule has 0 radical (unpaired) electrons. The summed E-state index contributed by atoms with van der Waals surface area (Å²) in [5.74, 6) is 0.589. The molecule has 6 nitrogen and oxygen atoms in total. The summed E-state index contributed by atoms with van der Waals surface area (Å²) >= 11 is 0. The van der Waals surface area contributed by atoms with E-state index < -0.39 is 0 Å². The van der Waals surface area contributed by atoms with E-state index in [9.17, 15) is 0 Å². The Labute approximate surface area is 313 Å². The van der Waals surface area contributed by atoms with Gasteiger partial charge in [-0.1, -0.05) is 78.9 Å². The van der Waals surface area contributed by atoms with E-state index >= 15 is 0 Å². The molecule has 0 N–H and O–H groups in total. The molecule has 0 spiro atoms. The summed E-state index contributed by atoms with van der Waals surface area (Å²) in [6, 6.07) is 61.0. The van der Waals surface area contributed by atoms with E-state index in [0.717, 1.165) is 94.3 Å². The van der Waals surface area contributed by atoms with E-state index in [4.69, 9.17) is 18.2 Å². The van der Waals surface area contributed by atoms with Crippen LogP contribution in [0.15, 0.2) is 189 Å². The smallest absolute Gasteiger partial charge is 0.227 e. The zero-order valence-electron chi connectivity index (χ0n) is 29.3. The second-order valence-corrected chi connectivity index (χ2v) is 14.0. The number of aromatic nitrogens is 2. The van der Waals surface area contributed by atoms with Crippen LogP contribution in [0.1, 0.15) is 0 Å². The van der Waals surface area contributed by atoms with Gasteiger partial charge >= 0.3 is 0 Å². The van der Waals surface area contributed by atoms with Crippen LogP contribution in [-0.2, 0) is 0 Å². The van der Waals surface area contributed by atoms with Crippen LogP contribution >= 0.6 is 0 Å². The Hall–Kier alpha value is -7.57. The van der Waals surface area contributed by atoms with Crippen molar-refractivity contribution in [3.8, 4) is 17.1 Å². The highest BCUT2D eigenvalue weighted by molar-refractivity contribution is 6.17. The van der Waals surface area contributed by atoms with Crippen molar-refractivity contribution in [2.24, 2.45) is 0 Å². The number of furan rings is 2. The summed E-state index contributed by atoms with van der Waals surface area (Å²) in [5.41, 5.74) is 12.1. The van der Waals surface area contributed by atoms with Crippen LogP contribution in [0.2, 0.25) is 0 Å². The van der Waals surface area contributed by atoms with Crippen molar-refractivity contribution < 1.29 is 13.3 Å². The minimum atomic E-state index is 0.589. The first-order chi connectivity index (χ1) is 27.2. The molecule has 0 aliphatic carbocycles. The molecule has 12 aromatic rings. The van der Waals surface area contributed by atoms with E-state index in [1.165, 1.54) is 10.8 Å². The molecule has 55 heavy (non-hydrogen) atoms.